The van der Waals surface area contributed by atoms with Crippen LogP contribution in [0.4, 0.5) is 4.39 Å². The first kappa shape index (κ1) is 33.4. The van der Waals surface area contributed by atoms with Crippen LogP contribution in [0.5, 0.6) is 0 Å². The van der Waals surface area contributed by atoms with E-state index in [1.807, 2.05) is 6.08 Å². The van der Waals surface area contributed by atoms with Gasteiger partial charge in [0.15, 0.2) is 0 Å². The Morgan fingerprint density at radius 1 is 0.559 bits per heavy atom. The fourth-order valence-electron chi connectivity index (χ4n) is 4.31. The summed E-state index contributed by atoms with van der Waals surface area (Å²) in [6.45, 7) is 2.07. The second kappa shape index (κ2) is 27.0. The minimum Gasteiger partial charge on any atom is -0.391 e. The third kappa shape index (κ3) is 27.7. The highest BCUT2D eigenvalue weighted by Crippen LogP contribution is 2.14. The molecule has 0 rings (SSSR count). The van der Waals surface area contributed by atoms with Crippen molar-refractivity contribution in [2.45, 2.75) is 161 Å². The Morgan fingerprint density at radius 2 is 0.941 bits per heavy atom. The lowest BCUT2D eigenvalue weighted by atomic mass is 10.0. The third-order valence-electron chi connectivity index (χ3n) is 6.55. The van der Waals surface area contributed by atoms with Gasteiger partial charge in [0.1, 0.15) is 6.26 Å². The van der Waals surface area contributed by atoms with E-state index in [1.165, 1.54) is 89.7 Å². The normalized spacial score (nSPS) is 12.1. The Balaban J connectivity index is 3.36. The van der Waals surface area contributed by atoms with E-state index in [4.69, 9.17) is 4.18 Å². The summed E-state index contributed by atoms with van der Waals surface area (Å²) < 4.78 is 40.8. The number of unbranched alkanes of at least 4 members (excludes halogenated alkanes) is 22. The lowest BCUT2D eigenvalue weighted by Gasteiger charge is -2.04. The molecule has 204 valence electrons. The highest BCUT2D eigenvalue weighted by atomic mass is 32.2. The molecule has 0 aliphatic carbocycles. The average Bonchev–Trinajstić information content (AvgIpc) is 2.82. The highest BCUT2D eigenvalue weighted by molar-refractivity contribution is 7.86. The molecule has 0 aromatic carbocycles. The zero-order valence-corrected chi connectivity index (χ0v) is 23.4. The van der Waals surface area contributed by atoms with Crippen LogP contribution in [0.3, 0.4) is 0 Å². The second-order valence-electron chi connectivity index (χ2n) is 9.99. The molecule has 0 heterocycles. The van der Waals surface area contributed by atoms with Gasteiger partial charge in [-0.25, -0.2) is 0 Å². The van der Waals surface area contributed by atoms with Crippen LogP contribution in [-0.4, -0.2) is 20.8 Å². The van der Waals surface area contributed by atoms with Crippen LogP contribution in [0, 0.1) is 0 Å². The van der Waals surface area contributed by atoms with E-state index in [-0.39, 0.29) is 12.4 Å². The van der Waals surface area contributed by atoms with E-state index >= 15 is 0 Å². The van der Waals surface area contributed by atoms with Crippen LogP contribution in [0.1, 0.15) is 161 Å². The largest absolute Gasteiger partial charge is 0.391 e. The number of rotatable bonds is 28. The summed E-state index contributed by atoms with van der Waals surface area (Å²) in [5.41, 5.74) is 0. The first-order chi connectivity index (χ1) is 16.6. The summed E-state index contributed by atoms with van der Waals surface area (Å²) in [4.78, 5) is 0. The van der Waals surface area contributed by atoms with Gasteiger partial charge in [-0.2, -0.15) is 8.42 Å². The smallest absolute Gasteiger partial charge is 0.308 e. The quantitative estimate of drug-likeness (QED) is 0.0604. The maximum absolute atomic E-state index is 12.0. The van der Waals surface area contributed by atoms with Crippen molar-refractivity contribution in [1.82, 2.24) is 0 Å². The Labute approximate surface area is 212 Å². The van der Waals surface area contributed by atoms with Crippen molar-refractivity contribution < 1.29 is 17.0 Å². The Bertz CT molecular complexity index is 519. The van der Waals surface area contributed by atoms with E-state index in [9.17, 15) is 12.8 Å². The van der Waals surface area contributed by atoms with E-state index < -0.39 is 10.1 Å². The van der Waals surface area contributed by atoms with Gasteiger partial charge >= 0.3 is 10.1 Å². The number of alkyl halides is 1. The first-order valence-corrected chi connectivity index (χ1v) is 16.3. The van der Waals surface area contributed by atoms with E-state index in [1.54, 1.807) is 0 Å². The molecule has 0 unspecified atom stereocenters. The lowest BCUT2D eigenvalue weighted by Crippen LogP contribution is -2.07. The molecule has 3 nitrogen and oxygen atoms in total. The van der Waals surface area contributed by atoms with Crippen molar-refractivity contribution >= 4 is 10.1 Å². The lowest BCUT2D eigenvalue weighted by molar-refractivity contribution is 0.437. The first-order valence-electron chi connectivity index (χ1n) is 14.7. The Kier molecular flexibility index (Phi) is 26.6. The fourth-order valence-corrected chi connectivity index (χ4v) is 5.21. The van der Waals surface area contributed by atoms with Crippen LogP contribution < -0.4 is 0 Å². The Morgan fingerprint density at radius 3 is 1.38 bits per heavy atom. The summed E-state index contributed by atoms with van der Waals surface area (Å²) in [5.74, 6) is 0.104. The van der Waals surface area contributed by atoms with Crippen LogP contribution in [0.2, 0.25) is 0 Å². The fraction of sp³-hybridized carbons (Fsp3) is 0.931. The Hall–Kier alpha value is -0.580. The second-order valence-corrected chi connectivity index (χ2v) is 11.7. The van der Waals surface area contributed by atoms with Gasteiger partial charge in [0, 0.05) is 0 Å². The molecule has 0 bridgehead atoms. The van der Waals surface area contributed by atoms with E-state index in [0.717, 1.165) is 57.8 Å². The van der Waals surface area contributed by atoms with Gasteiger partial charge < -0.3 is 4.18 Å². The molecule has 0 saturated heterocycles. The van der Waals surface area contributed by atoms with Crippen LogP contribution in [0.25, 0.3) is 0 Å². The molecule has 0 fully saturated rings. The van der Waals surface area contributed by atoms with Crippen molar-refractivity contribution in [3.63, 3.8) is 0 Å². The van der Waals surface area contributed by atoms with Gasteiger partial charge in [-0.3, -0.25) is 4.39 Å². The topological polar surface area (TPSA) is 43.4 Å². The molecule has 0 radical (unpaired) electrons. The molecule has 0 spiro atoms. The minimum atomic E-state index is -3.43. The van der Waals surface area contributed by atoms with Crippen molar-refractivity contribution in [2.75, 3.05) is 12.4 Å². The molecule has 5 heteroatoms. The number of halogens is 1. The van der Waals surface area contributed by atoms with Crippen molar-refractivity contribution in [3.05, 3.63) is 12.3 Å². The van der Waals surface area contributed by atoms with E-state index in [0.29, 0.717) is 12.8 Å². The maximum Gasteiger partial charge on any atom is 0.308 e. The summed E-state index contributed by atoms with van der Waals surface area (Å²) >= 11 is 0. The van der Waals surface area contributed by atoms with E-state index in [2.05, 4.69) is 6.92 Å². The highest BCUT2D eigenvalue weighted by Gasteiger charge is 2.08. The molecular weight excluding hydrogens is 447 g/mol. The number of hydrogen-bond donors (Lipinski definition) is 0. The van der Waals surface area contributed by atoms with Gasteiger partial charge in [0.2, 0.25) is 0 Å². The zero-order valence-electron chi connectivity index (χ0n) is 22.6. The van der Waals surface area contributed by atoms with Gasteiger partial charge in [0.05, 0.1) is 12.4 Å². The predicted molar refractivity (Wildman–Crippen MR) is 146 cm³/mol. The molecule has 0 atom stereocenters. The zero-order chi connectivity index (χ0) is 25.0. The molecule has 0 aliphatic rings. The predicted octanol–water partition coefficient (Wildman–Crippen LogP) is 10.2. The van der Waals surface area contributed by atoms with Crippen LogP contribution >= 0.6 is 0 Å². The SMILES string of the molecule is CCCCCCCCCCCCCCCCC=COS(=O)(=O)CCCCCCCCCCCF. The standard InChI is InChI=1S/C29H57FO3S/c1-2-3-4-5-6-7-8-9-10-11-12-13-16-19-22-25-28-33-34(31,32)29-26-23-20-17-14-15-18-21-24-27-30/h25,28H,2-24,26-27,29H2,1H3. The summed E-state index contributed by atoms with van der Waals surface area (Å²) in [7, 11) is -3.43. The molecular formula is C29H57FO3S. The number of allylic oxidation sites excluding steroid dienone is 1. The maximum atomic E-state index is 12.0. The van der Waals surface area contributed by atoms with Crippen molar-refractivity contribution in [2.24, 2.45) is 0 Å². The van der Waals surface area contributed by atoms with Gasteiger partial charge in [-0.15, -0.1) is 0 Å². The van der Waals surface area contributed by atoms with Crippen LogP contribution in [-0.2, 0) is 14.3 Å². The molecule has 0 aliphatic heterocycles. The molecule has 0 saturated carbocycles. The third-order valence-corrected chi connectivity index (χ3v) is 7.74. The minimum absolute atomic E-state index is 0.104. The summed E-state index contributed by atoms with van der Waals surface area (Å²) in [6.07, 6.45) is 31.8. The van der Waals surface area contributed by atoms with Crippen LogP contribution in [0.15, 0.2) is 12.3 Å². The molecule has 0 amide bonds. The van der Waals surface area contributed by atoms with Crippen molar-refractivity contribution in [1.29, 1.82) is 0 Å². The summed E-state index contributed by atoms with van der Waals surface area (Å²) in [5, 5.41) is 0. The molecule has 34 heavy (non-hydrogen) atoms. The summed E-state index contributed by atoms with van der Waals surface area (Å²) in [6, 6.07) is 0. The molecule has 0 aromatic heterocycles. The monoisotopic (exact) mass is 504 g/mol. The van der Waals surface area contributed by atoms with Crippen molar-refractivity contribution in [3.8, 4) is 0 Å². The van der Waals surface area contributed by atoms with Gasteiger partial charge in [-0.1, -0.05) is 135 Å². The average molecular weight is 505 g/mol. The number of hydrogen-bond acceptors (Lipinski definition) is 3. The van der Waals surface area contributed by atoms with Gasteiger partial charge in [0.25, 0.3) is 0 Å². The molecule has 0 aromatic rings. The van der Waals surface area contributed by atoms with Gasteiger partial charge in [-0.05, 0) is 31.8 Å². The molecule has 0 N–H and O–H groups in total.